The lowest BCUT2D eigenvalue weighted by Crippen LogP contribution is -2.20. The average molecular weight is 375 g/mol. The van der Waals surface area contributed by atoms with Crippen LogP contribution in [0.2, 0.25) is 0 Å². The van der Waals surface area contributed by atoms with Crippen LogP contribution < -0.4 is 5.32 Å². The van der Waals surface area contributed by atoms with Crippen molar-refractivity contribution >= 4 is 5.91 Å². The fourth-order valence-electron chi connectivity index (χ4n) is 2.69. The fourth-order valence-corrected chi connectivity index (χ4v) is 2.69. The molecule has 2 heterocycles. The van der Waals surface area contributed by atoms with E-state index in [0.717, 1.165) is 16.7 Å². The third-order valence-corrected chi connectivity index (χ3v) is 4.13. The zero-order valence-electron chi connectivity index (χ0n) is 15.1. The van der Waals surface area contributed by atoms with E-state index in [-0.39, 0.29) is 18.3 Å². The summed E-state index contributed by atoms with van der Waals surface area (Å²) in [5, 5.41) is 16.0. The number of nitriles is 1. The van der Waals surface area contributed by atoms with E-state index in [1.54, 1.807) is 29.2 Å². The quantitative estimate of drug-likeness (QED) is 0.641. The van der Waals surface area contributed by atoms with Gasteiger partial charge in [-0.25, -0.2) is 4.39 Å². The van der Waals surface area contributed by atoms with Crippen molar-refractivity contribution in [2.45, 2.75) is 19.5 Å². The number of halogens is 1. The summed E-state index contributed by atoms with van der Waals surface area (Å²) in [6.07, 6.45) is 5.04. The van der Waals surface area contributed by atoms with Gasteiger partial charge in [0, 0.05) is 30.1 Å². The van der Waals surface area contributed by atoms with Crippen LogP contribution in [0.5, 0.6) is 0 Å². The van der Waals surface area contributed by atoms with Gasteiger partial charge in [0.2, 0.25) is 5.91 Å². The predicted molar refractivity (Wildman–Crippen MR) is 103 cm³/mol. The molecule has 0 unspecified atom stereocenters. The summed E-state index contributed by atoms with van der Waals surface area (Å²) in [6.45, 7) is 4.21. The lowest BCUT2D eigenvalue weighted by atomic mass is 10.0. The molecule has 0 spiro atoms. The number of aromatic nitrogens is 3. The molecule has 1 N–H and O–H groups in total. The number of nitrogens with zero attached hydrogens (tertiary/aromatic N) is 4. The smallest absolute Gasteiger partial charge is 0.243 e. The molecule has 3 aromatic rings. The highest BCUT2D eigenvalue weighted by Gasteiger charge is 2.12. The number of aryl methyl sites for hydroxylation is 1. The van der Waals surface area contributed by atoms with Gasteiger partial charge in [0.25, 0.3) is 0 Å². The van der Waals surface area contributed by atoms with Crippen LogP contribution in [-0.4, -0.2) is 20.7 Å². The molecule has 0 atom stereocenters. The summed E-state index contributed by atoms with van der Waals surface area (Å²) >= 11 is 0. The minimum absolute atomic E-state index is 0.266. The molecule has 0 aliphatic rings. The Morgan fingerprint density at radius 1 is 1.29 bits per heavy atom. The summed E-state index contributed by atoms with van der Waals surface area (Å²) in [5.41, 5.74) is 3.72. The maximum absolute atomic E-state index is 13.2. The van der Waals surface area contributed by atoms with Crippen molar-refractivity contribution < 1.29 is 9.18 Å². The standard InChI is InChI=1S/C21H18FN5O/c1-2-21(28)25-14-16-13-24-20(15-4-6-17(22)7-5-15)12-18(16)19-8-11-27(26-19)10-3-9-23/h2,4-8,11-13H,1,3,10,14H2,(H,25,28). The first-order valence-electron chi connectivity index (χ1n) is 8.66. The summed E-state index contributed by atoms with van der Waals surface area (Å²) < 4.78 is 14.9. The third kappa shape index (κ3) is 4.48. The Labute approximate surface area is 162 Å². The van der Waals surface area contributed by atoms with E-state index in [9.17, 15) is 9.18 Å². The molecular weight excluding hydrogens is 357 g/mol. The number of rotatable bonds is 7. The molecule has 0 radical (unpaired) electrons. The molecule has 3 rings (SSSR count). The van der Waals surface area contributed by atoms with Gasteiger partial charge in [-0.05, 0) is 48.0 Å². The van der Waals surface area contributed by atoms with Crippen LogP contribution in [0.25, 0.3) is 22.5 Å². The molecule has 1 amide bonds. The first-order valence-corrected chi connectivity index (χ1v) is 8.66. The summed E-state index contributed by atoms with van der Waals surface area (Å²) in [7, 11) is 0. The van der Waals surface area contributed by atoms with Crippen molar-refractivity contribution in [1.29, 1.82) is 5.26 Å². The van der Waals surface area contributed by atoms with E-state index in [1.165, 1.54) is 18.2 Å². The van der Waals surface area contributed by atoms with Gasteiger partial charge in [0.1, 0.15) is 5.82 Å². The zero-order valence-corrected chi connectivity index (χ0v) is 15.1. The largest absolute Gasteiger partial charge is 0.348 e. The maximum Gasteiger partial charge on any atom is 0.243 e. The number of carbonyl (C=O) groups excluding carboxylic acids is 1. The van der Waals surface area contributed by atoms with E-state index in [4.69, 9.17) is 5.26 Å². The van der Waals surface area contributed by atoms with E-state index >= 15 is 0 Å². The molecule has 0 bridgehead atoms. The number of nitrogens with one attached hydrogen (secondary N) is 1. The van der Waals surface area contributed by atoms with Gasteiger partial charge in [-0.15, -0.1) is 0 Å². The third-order valence-electron chi connectivity index (χ3n) is 4.13. The van der Waals surface area contributed by atoms with Gasteiger partial charge < -0.3 is 5.32 Å². The predicted octanol–water partition coefficient (Wildman–Crippen LogP) is 3.47. The van der Waals surface area contributed by atoms with Crippen LogP contribution in [-0.2, 0) is 17.9 Å². The summed E-state index contributed by atoms with van der Waals surface area (Å²) in [5.74, 6) is -0.600. The molecule has 1 aromatic carbocycles. The van der Waals surface area contributed by atoms with Crippen molar-refractivity contribution in [3.8, 4) is 28.6 Å². The lowest BCUT2D eigenvalue weighted by Gasteiger charge is -2.11. The second-order valence-electron chi connectivity index (χ2n) is 6.03. The van der Waals surface area contributed by atoms with Crippen molar-refractivity contribution in [2.75, 3.05) is 0 Å². The first kappa shape index (κ1) is 19.0. The molecule has 0 saturated heterocycles. The van der Waals surface area contributed by atoms with Gasteiger partial charge in [-0.1, -0.05) is 6.58 Å². The average Bonchev–Trinajstić information content (AvgIpc) is 3.19. The van der Waals surface area contributed by atoms with Gasteiger partial charge in [0.15, 0.2) is 0 Å². The van der Waals surface area contributed by atoms with Crippen LogP contribution in [0, 0.1) is 17.1 Å². The van der Waals surface area contributed by atoms with Gasteiger partial charge in [0.05, 0.1) is 30.4 Å². The Hall–Kier alpha value is -3.79. The topological polar surface area (TPSA) is 83.6 Å². The van der Waals surface area contributed by atoms with E-state index < -0.39 is 0 Å². The van der Waals surface area contributed by atoms with Crippen LogP contribution in [0.15, 0.2) is 61.4 Å². The highest BCUT2D eigenvalue weighted by Crippen LogP contribution is 2.27. The Bertz CT molecular complexity index is 1030. The Morgan fingerprint density at radius 2 is 2.07 bits per heavy atom. The number of amides is 1. The highest BCUT2D eigenvalue weighted by atomic mass is 19.1. The highest BCUT2D eigenvalue weighted by molar-refractivity contribution is 5.87. The molecule has 28 heavy (non-hydrogen) atoms. The monoisotopic (exact) mass is 375 g/mol. The molecule has 6 nitrogen and oxygen atoms in total. The summed E-state index contributed by atoms with van der Waals surface area (Å²) in [6, 6.07) is 11.9. The second-order valence-corrected chi connectivity index (χ2v) is 6.03. The second kappa shape index (κ2) is 8.73. The molecular formula is C21H18FN5O. The Kier molecular flexibility index (Phi) is 5.92. The SMILES string of the molecule is C=CC(=O)NCc1cnc(-c2ccc(F)cc2)cc1-c1ccn(CCC#N)n1. The molecule has 0 saturated carbocycles. The fraction of sp³-hybridized carbons (Fsp3) is 0.143. The van der Waals surface area contributed by atoms with E-state index in [1.807, 2.05) is 12.1 Å². The molecule has 140 valence electrons. The molecule has 7 heteroatoms. The van der Waals surface area contributed by atoms with Gasteiger partial charge in [-0.2, -0.15) is 10.4 Å². The molecule has 0 aliphatic carbocycles. The Morgan fingerprint density at radius 3 is 2.79 bits per heavy atom. The maximum atomic E-state index is 13.2. The minimum atomic E-state index is -0.316. The van der Waals surface area contributed by atoms with Crippen LogP contribution >= 0.6 is 0 Å². The normalized spacial score (nSPS) is 10.3. The number of carbonyl (C=O) groups is 1. The summed E-state index contributed by atoms with van der Waals surface area (Å²) in [4.78, 5) is 16.0. The molecule has 0 fully saturated rings. The number of benzene rings is 1. The van der Waals surface area contributed by atoms with Crippen LogP contribution in [0.1, 0.15) is 12.0 Å². The van der Waals surface area contributed by atoms with E-state index in [2.05, 4.69) is 28.0 Å². The molecule has 2 aromatic heterocycles. The van der Waals surface area contributed by atoms with Gasteiger partial charge in [-0.3, -0.25) is 14.5 Å². The van der Waals surface area contributed by atoms with Crippen molar-refractivity contribution in [3.05, 3.63) is 72.8 Å². The number of pyridine rings is 1. The molecule has 0 aliphatic heterocycles. The van der Waals surface area contributed by atoms with Crippen LogP contribution in [0.3, 0.4) is 0 Å². The van der Waals surface area contributed by atoms with Crippen molar-refractivity contribution in [1.82, 2.24) is 20.1 Å². The number of hydrogen-bond donors (Lipinski definition) is 1. The van der Waals surface area contributed by atoms with E-state index in [0.29, 0.717) is 24.4 Å². The van der Waals surface area contributed by atoms with Gasteiger partial charge >= 0.3 is 0 Å². The minimum Gasteiger partial charge on any atom is -0.348 e. The van der Waals surface area contributed by atoms with Crippen molar-refractivity contribution in [3.63, 3.8) is 0 Å². The first-order chi connectivity index (χ1) is 13.6. The number of hydrogen-bond acceptors (Lipinski definition) is 4. The van der Waals surface area contributed by atoms with Crippen LogP contribution in [0.4, 0.5) is 4.39 Å². The lowest BCUT2D eigenvalue weighted by molar-refractivity contribution is -0.116. The Balaban J connectivity index is 1.99. The van der Waals surface area contributed by atoms with Crippen molar-refractivity contribution in [2.24, 2.45) is 0 Å². The zero-order chi connectivity index (χ0) is 19.9.